The van der Waals surface area contributed by atoms with Crippen LogP contribution in [0.3, 0.4) is 0 Å². The van der Waals surface area contributed by atoms with Gasteiger partial charge in [0.05, 0.1) is 11.0 Å². The minimum absolute atomic E-state index is 0.682. The molecule has 11 aromatic rings. The van der Waals surface area contributed by atoms with Gasteiger partial charge in [-0.3, -0.25) is 0 Å². The predicted molar refractivity (Wildman–Crippen MR) is 209 cm³/mol. The molecule has 2 heterocycles. The number of fused-ring (bicyclic) bond motifs is 3. The van der Waals surface area contributed by atoms with Gasteiger partial charge in [0.25, 0.3) is 0 Å². The molecule has 4 heteroatoms. The van der Waals surface area contributed by atoms with Crippen LogP contribution in [0.5, 0.6) is 0 Å². The summed E-state index contributed by atoms with van der Waals surface area (Å²) in [4.78, 5) is 14.8. The molecule has 0 aliphatic heterocycles. The summed E-state index contributed by atoms with van der Waals surface area (Å²) in [5, 5.41) is 15.2. The fraction of sp³-hybridized carbons (Fsp3) is 0.0217. The number of hydrogen-bond acceptors (Lipinski definition) is 3. The zero-order valence-corrected chi connectivity index (χ0v) is 27.2. The van der Waals surface area contributed by atoms with Crippen molar-refractivity contribution in [3.8, 4) is 33.9 Å². The zero-order chi connectivity index (χ0) is 32.9. The van der Waals surface area contributed by atoms with E-state index in [1.54, 1.807) is 0 Å². The summed E-state index contributed by atoms with van der Waals surface area (Å²) >= 11 is 0. The molecule has 9 aromatic carbocycles. The average Bonchev–Trinajstić information content (AvgIpc) is 3.51. The summed E-state index contributed by atoms with van der Waals surface area (Å²) in [5.41, 5.74) is 6.12. The van der Waals surface area contributed by atoms with Gasteiger partial charge in [-0.2, -0.15) is 0 Å². The van der Waals surface area contributed by atoms with E-state index in [1.165, 1.54) is 64.6 Å². The second kappa shape index (κ2) is 10.2. The molecule has 0 N–H and O–H groups in total. The highest BCUT2D eigenvalue weighted by molar-refractivity contribution is 6.37. The van der Waals surface area contributed by atoms with Gasteiger partial charge in [-0.25, -0.2) is 15.0 Å². The van der Waals surface area contributed by atoms with Crippen molar-refractivity contribution in [3.05, 3.63) is 152 Å². The standard InChI is InChI=1S/C46H28N4/c1-50-40-21-20-32(24-39(40)49-46(50)30-8-3-2-4-9-30)45-47-25-34(26-48-45)33-22-31-19-18-29-11-6-14-36-35-13-5-10-27-16-17-28-12-7-15-37(43(28)41(27)35)38(23-33)44(31)42(29)36/h2-26H,1H3. The first-order valence-electron chi connectivity index (χ1n) is 17.0. The number of imidazole rings is 1. The first-order valence-corrected chi connectivity index (χ1v) is 17.0. The van der Waals surface area contributed by atoms with Crippen molar-refractivity contribution in [1.82, 2.24) is 19.5 Å². The van der Waals surface area contributed by atoms with Crippen molar-refractivity contribution in [1.29, 1.82) is 0 Å². The molecule has 0 aliphatic carbocycles. The van der Waals surface area contributed by atoms with E-state index in [0.717, 1.165) is 39.1 Å². The summed E-state index contributed by atoms with van der Waals surface area (Å²) in [5.74, 6) is 1.62. The summed E-state index contributed by atoms with van der Waals surface area (Å²) in [7, 11) is 2.06. The van der Waals surface area contributed by atoms with Gasteiger partial charge < -0.3 is 4.57 Å². The third-order valence-corrected chi connectivity index (χ3v) is 10.6. The molecular formula is C46H28N4. The Morgan fingerprint density at radius 1 is 0.420 bits per heavy atom. The van der Waals surface area contributed by atoms with Crippen molar-refractivity contribution in [2.45, 2.75) is 0 Å². The van der Waals surface area contributed by atoms with E-state index in [-0.39, 0.29) is 0 Å². The third-order valence-electron chi connectivity index (χ3n) is 10.6. The van der Waals surface area contributed by atoms with E-state index < -0.39 is 0 Å². The summed E-state index contributed by atoms with van der Waals surface area (Å²) < 4.78 is 2.14. The Morgan fingerprint density at radius 3 is 1.64 bits per heavy atom. The number of rotatable bonds is 3. The molecule has 0 fully saturated rings. The van der Waals surface area contributed by atoms with Gasteiger partial charge >= 0.3 is 0 Å². The highest BCUT2D eigenvalue weighted by Crippen LogP contribution is 2.44. The lowest BCUT2D eigenvalue weighted by molar-refractivity contribution is 0.959. The molecule has 0 bridgehead atoms. The van der Waals surface area contributed by atoms with Crippen molar-refractivity contribution in [3.63, 3.8) is 0 Å². The quantitative estimate of drug-likeness (QED) is 0.181. The van der Waals surface area contributed by atoms with Gasteiger partial charge in [-0.05, 0) is 101 Å². The molecule has 0 saturated carbocycles. The van der Waals surface area contributed by atoms with Gasteiger partial charge in [0.15, 0.2) is 5.82 Å². The Bertz CT molecular complexity index is 3130. The van der Waals surface area contributed by atoms with Crippen LogP contribution >= 0.6 is 0 Å². The highest BCUT2D eigenvalue weighted by atomic mass is 15.1. The van der Waals surface area contributed by atoms with E-state index in [2.05, 4.69) is 133 Å². The van der Waals surface area contributed by atoms with Crippen molar-refractivity contribution < 1.29 is 0 Å². The monoisotopic (exact) mass is 636 g/mol. The van der Waals surface area contributed by atoms with Gasteiger partial charge in [0.1, 0.15) is 5.82 Å². The molecule has 0 radical (unpaired) electrons. The molecule has 4 nitrogen and oxygen atoms in total. The fourth-order valence-electron chi connectivity index (χ4n) is 8.26. The summed E-state index contributed by atoms with van der Waals surface area (Å²) in [6, 6.07) is 50.4. The van der Waals surface area contributed by atoms with Gasteiger partial charge in [-0.15, -0.1) is 0 Å². The van der Waals surface area contributed by atoms with Crippen LogP contribution in [0.15, 0.2) is 152 Å². The Morgan fingerprint density at radius 2 is 1.00 bits per heavy atom. The van der Waals surface area contributed by atoms with Gasteiger partial charge in [0.2, 0.25) is 0 Å². The molecular weight excluding hydrogens is 609 g/mol. The van der Waals surface area contributed by atoms with E-state index >= 15 is 0 Å². The van der Waals surface area contributed by atoms with E-state index in [4.69, 9.17) is 15.0 Å². The predicted octanol–water partition coefficient (Wildman–Crippen LogP) is 11.7. The molecule has 0 aliphatic rings. The van der Waals surface area contributed by atoms with E-state index in [9.17, 15) is 0 Å². The first kappa shape index (κ1) is 27.3. The molecule has 232 valence electrons. The topological polar surface area (TPSA) is 43.6 Å². The second-order valence-corrected chi connectivity index (χ2v) is 13.3. The molecule has 11 rings (SSSR count). The normalized spacial score (nSPS) is 12.1. The summed E-state index contributed by atoms with van der Waals surface area (Å²) in [6.45, 7) is 0. The van der Waals surface area contributed by atoms with Crippen LogP contribution in [0.2, 0.25) is 0 Å². The fourth-order valence-corrected chi connectivity index (χ4v) is 8.26. The van der Waals surface area contributed by atoms with Crippen LogP contribution in [0.25, 0.3) is 110 Å². The zero-order valence-electron chi connectivity index (χ0n) is 27.2. The summed E-state index contributed by atoms with van der Waals surface area (Å²) in [6.07, 6.45) is 3.92. The van der Waals surface area contributed by atoms with Crippen LogP contribution in [0, 0.1) is 0 Å². The van der Waals surface area contributed by atoms with Gasteiger partial charge in [0, 0.05) is 36.1 Å². The maximum Gasteiger partial charge on any atom is 0.159 e. The smallest absolute Gasteiger partial charge is 0.159 e. The molecule has 0 spiro atoms. The van der Waals surface area contributed by atoms with E-state index in [1.807, 2.05) is 30.6 Å². The van der Waals surface area contributed by atoms with Crippen molar-refractivity contribution in [2.75, 3.05) is 0 Å². The number of aryl methyl sites for hydroxylation is 1. The average molecular weight is 637 g/mol. The van der Waals surface area contributed by atoms with Crippen molar-refractivity contribution in [2.24, 2.45) is 7.05 Å². The Balaban J connectivity index is 1.12. The lowest BCUT2D eigenvalue weighted by atomic mass is 9.87. The van der Waals surface area contributed by atoms with Crippen LogP contribution in [0.1, 0.15) is 0 Å². The maximum atomic E-state index is 4.97. The van der Waals surface area contributed by atoms with Crippen LogP contribution in [-0.4, -0.2) is 19.5 Å². The number of nitrogens with zero attached hydrogens (tertiary/aromatic N) is 4. The SMILES string of the molecule is Cn1c(-c2ccccc2)nc2cc(-c3ncc(-c4cc5ccc6cccc7c8cccc9ccc%10cccc(c(c4)c5c67)c%10c98)cn3)ccc21. The Hall–Kier alpha value is -6.65. The van der Waals surface area contributed by atoms with Crippen LogP contribution in [0.4, 0.5) is 0 Å². The second-order valence-electron chi connectivity index (χ2n) is 13.3. The van der Waals surface area contributed by atoms with E-state index in [0.29, 0.717) is 5.82 Å². The number of benzene rings is 8. The minimum Gasteiger partial charge on any atom is -0.327 e. The molecule has 50 heavy (non-hydrogen) atoms. The number of aromatic nitrogens is 4. The first-order chi connectivity index (χ1) is 24.7. The molecule has 0 atom stereocenters. The van der Waals surface area contributed by atoms with Crippen molar-refractivity contribution >= 4 is 75.7 Å². The largest absolute Gasteiger partial charge is 0.327 e. The Kier molecular flexibility index (Phi) is 5.56. The maximum absolute atomic E-state index is 4.97. The minimum atomic E-state index is 0.682. The number of hydrogen-bond donors (Lipinski definition) is 0. The lowest BCUT2D eigenvalue weighted by Gasteiger charge is -2.17. The molecule has 0 saturated heterocycles. The third kappa shape index (κ3) is 3.84. The lowest BCUT2D eigenvalue weighted by Crippen LogP contribution is -1.93. The molecule has 0 unspecified atom stereocenters. The van der Waals surface area contributed by atoms with Crippen LogP contribution in [-0.2, 0) is 7.05 Å². The molecule has 0 amide bonds. The molecule has 2 aromatic heterocycles. The van der Waals surface area contributed by atoms with Gasteiger partial charge in [-0.1, -0.05) is 109 Å². The van der Waals surface area contributed by atoms with Crippen LogP contribution < -0.4 is 0 Å². The Labute approximate surface area is 287 Å². The highest BCUT2D eigenvalue weighted by Gasteiger charge is 2.17.